The number of fused-ring (bicyclic) bond motifs is 15. The van der Waals surface area contributed by atoms with Crippen LogP contribution in [0.4, 0.5) is 62.6 Å². The number of anilines is 11. The number of hydrogen-bond donors (Lipinski definition) is 1. The molecule has 16 rings (SSSR count). The van der Waals surface area contributed by atoms with Gasteiger partial charge in [-0.3, -0.25) is 0 Å². The molecule has 2 aromatic heterocycles. The Morgan fingerprint density at radius 1 is 0.397 bits per heavy atom. The van der Waals surface area contributed by atoms with Crippen LogP contribution in [0.15, 0.2) is 218 Å². The Bertz CT molecular complexity index is 4190. The van der Waals surface area contributed by atoms with E-state index in [1.807, 2.05) is 12.1 Å². The molecule has 0 saturated heterocycles. The molecule has 12 aromatic rings. The van der Waals surface area contributed by atoms with Crippen LogP contribution >= 0.6 is 7.14 Å². The molecule has 1 N–H and O–H groups in total. The third-order valence-electron chi connectivity index (χ3n) is 15.1. The molecule has 1 atom stereocenters. The van der Waals surface area contributed by atoms with E-state index in [9.17, 15) is 0 Å². The van der Waals surface area contributed by atoms with E-state index in [-0.39, 0.29) is 6.71 Å². The van der Waals surface area contributed by atoms with Gasteiger partial charge in [-0.05, 0) is 107 Å². The Kier molecular flexibility index (Phi) is 7.07. The van der Waals surface area contributed by atoms with Crippen molar-refractivity contribution < 1.29 is 4.57 Å². The summed E-state index contributed by atoms with van der Waals surface area (Å²) in [5.74, 6) is 0. The van der Waals surface area contributed by atoms with Gasteiger partial charge in [-0.25, -0.2) is 0 Å². The molecule has 0 fully saturated rings. The van der Waals surface area contributed by atoms with Crippen LogP contribution in [-0.2, 0) is 4.57 Å². The van der Waals surface area contributed by atoms with Gasteiger partial charge in [0.15, 0.2) is 7.14 Å². The van der Waals surface area contributed by atoms with Crippen LogP contribution in [0, 0.1) is 0 Å². The summed E-state index contributed by atoms with van der Waals surface area (Å²) >= 11 is 0. The molecule has 6 heterocycles. The number of para-hydroxylation sites is 7. The molecule has 0 aliphatic carbocycles. The maximum atomic E-state index is 17.1. The van der Waals surface area contributed by atoms with Crippen molar-refractivity contribution in [3.8, 4) is 0 Å². The number of hydrogen-bond acceptors (Lipinski definition) is 5. The van der Waals surface area contributed by atoms with Gasteiger partial charge in [0.25, 0.3) is 6.71 Å². The Hall–Kier alpha value is -8.51. The van der Waals surface area contributed by atoms with Crippen LogP contribution in [0.2, 0.25) is 0 Å². The highest BCUT2D eigenvalue weighted by atomic mass is 31.2. The van der Waals surface area contributed by atoms with E-state index < -0.39 is 7.14 Å². The summed E-state index contributed by atoms with van der Waals surface area (Å²) in [4.78, 5) is 7.28. The molecule has 4 aliphatic rings. The predicted octanol–water partition coefficient (Wildman–Crippen LogP) is 12.4. The lowest BCUT2D eigenvalue weighted by Crippen LogP contribution is -2.63. The monoisotopic (exact) mass is 885 g/mol. The van der Waals surface area contributed by atoms with E-state index in [0.717, 1.165) is 83.9 Å². The standard InChI is InChI=1S/C60H37BN5OP/c67-68-54-32-14-11-27-45(54)62-58-57-52(36-53(60(58)68)63(37-18-4-1-5-19-37)47-29-13-15-33-55(47)68)65(39-22-8-3-9-23-39)49-31-17-30-48-56(49)61(57)44-34-43-42-26-16-25-41-40-24-10-12-28-46(40)66(59(41)42)50(43)35-51(44)64(48)38-20-6-2-7-21-38/h1-36,62H. The van der Waals surface area contributed by atoms with Crippen molar-refractivity contribution in [1.82, 2.24) is 4.40 Å². The predicted molar refractivity (Wildman–Crippen MR) is 286 cm³/mol. The first-order chi connectivity index (χ1) is 33.7. The Morgan fingerprint density at radius 2 is 0.941 bits per heavy atom. The Labute approximate surface area is 392 Å². The van der Waals surface area contributed by atoms with Crippen LogP contribution in [0.3, 0.4) is 0 Å². The third-order valence-corrected chi connectivity index (χ3v) is 18.4. The molecule has 0 saturated carbocycles. The lowest BCUT2D eigenvalue weighted by Gasteiger charge is -2.48. The zero-order valence-corrected chi connectivity index (χ0v) is 37.4. The highest BCUT2D eigenvalue weighted by Gasteiger charge is 2.52. The summed E-state index contributed by atoms with van der Waals surface area (Å²) in [5, 5.41) is 11.6. The molecule has 316 valence electrons. The molecule has 6 nitrogen and oxygen atoms in total. The molecule has 0 spiro atoms. The summed E-state index contributed by atoms with van der Waals surface area (Å²) in [6, 6.07) is 78.5. The smallest absolute Gasteiger partial charge is 0.254 e. The molecule has 0 amide bonds. The van der Waals surface area contributed by atoms with Gasteiger partial charge < -0.3 is 29.0 Å². The van der Waals surface area contributed by atoms with E-state index >= 15 is 4.57 Å². The fourth-order valence-electron chi connectivity index (χ4n) is 12.6. The molecule has 4 aliphatic heterocycles. The zero-order chi connectivity index (χ0) is 44.4. The number of rotatable bonds is 3. The van der Waals surface area contributed by atoms with Crippen LogP contribution in [-0.4, -0.2) is 11.1 Å². The normalized spacial score (nSPS) is 16.1. The van der Waals surface area contributed by atoms with Gasteiger partial charge in [0.1, 0.15) is 0 Å². The van der Waals surface area contributed by atoms with E-state index in [0.29, 0.717) is 0 Å². The molecule has 68 heavy (non-hydrogen) atoms. The van der Waals surface area contributed by atoms with Gasteiger partial charge >= 0.3 is 0 Å². The highest BCUT2D eigenvalue weighted by Crippen LogP contribution is 2.60. The van der Waals surface area contributed by atoms with Crippen LogP contribution in [0.25, 0.3) is 38.1 Å². The maximum absolute atomic E-state index is 17.1. The minimum Gasteiger partial charge on any atom is -0.355 e. The average molecular weight is 886 g/mol. The van der Waals surface area contributed by atoms with Crippen molar-refractivity contribution in [1.29, 1.82) is 0 Å². The van der Waals surface area contributed by atoms with Crippen molar-refractivity contribution >= 4 is 147 Å². The van der Waals surface area contributed by atoms with Gasteiger partial charge in [0.2, 0.25) is 0 Å². The number of benzene rings is 10. The molecule has 8 heteroatoms. The summed E-state index contributed by atoms with van der Waals surface area (Å²) in [5.41, 5.74) is 18.4. The van der Waals surface area contributed by atoms with Crippen LogP contribution in [0.1, 0.15) is 0 Å². The van der Waals surface area contributed by atoms with Gasteiger partial charge in [-0.15, -0.1) is 0 Å². The van der Waals surface area contributed by atoms with Gasteiger partial charge in [0, 0.05) is 83.3 Å². The van der Waals surface area contributed by atoms with Crippen LogP contribution in [0.5, 0.6) is 0 Å². The number of nitrogens with one attached hydrogen (secondary N) is 1. The molecule has 1 unspecified atom stereocenters. The topological polar surface area (TPSA) is 43.2 Å². The summed E-state index contributed by atoms with van der Waals surface area (Å²) in [6.07, 6.45) is 0. The molecule has 0 bridgehead atoms. The second-order valence-corrected chi connectivity index (χ2v) is 21.1. The minimum atomic E-state index is -3.50. The molecular formula is C60H37BN5OP. The van der Waals surface area contributed by atoms with Crippen molar-refractivity contribution in [2.24, 2.45) is 0 Å². The minimum absolute atomic E-state index is 0.249. The first-order valence-electron chi connectivity index (χ1n) is 23.3. The Balaban J connectivity index is 1.09. The van der Waals surface area contributed by atoms with E-state index in [1.165, 1.54) is 49.0 Å². The largest absolute Gasteiger partial charge is 0.355 e. The summed E-state index contributed by atoms with van der Waals surface area (Å²) in [7, 11) is -3.50. The van der Waals surface area contributed by atoms with Crippen LogP contribution < -0.4 is 52.3 Å². The second-order valence-electron chi connectivity index (χ2n) is 18.4. The van der Waals surface area contributed by atoms with Crippen molar-refractivity contribution in [3.63, 3.8) is 0 Å². The molecular weight excluding hydrogens is 848 g/mol. The first kappa shape index (κ1) is 36.7. The number of nitrogens with zero attached hydrogens (tertiary/aromatic N) is 4. The van der Waals surface area contributed by atoms with Crippen molar-refractivity contribution in [2.75, 3.05) is 20.0 Å². The van der Waals surface area contributed by atoms with Gasteiger partial charge in [-0.2, -0.15) is 0 Å². The fraction of sp³-hybridized carbons (Fsp3) is 0. The Morgan fingerprint density at radius 3 is 1.66 bits per heavy atom. The highest BCUT2D eigenvalue weighted by molar-refractivity contribution is 7.86. The molecule has 0 radical (unpaired) electrons. The second kappa shape index (κ2) is 13.1. The van der Waals surface area contributed by atoms with E-state index in [2.05, 4.69) is 231 Å². The number of aromatic nitrogens is 1. The lowest BCUT2D eigenvalue weighted by molar-refractivity contribution is 0.592. The summed E-state index contributed by atoms with van der Waals surface area (Å²) < 4.78 is 19.6. The maximum Gasteiger partial charge on any atom is 0.254 e. The van der Waals surface area contributed by atoms with Crippen molar-refractivity contribution in [3.05, 3.63) is 218 Å². The molecule has 10 aromatic carbocycles. The third kappa shape index (κ3) is 4.48. The lowest BCUT2D eigenvalue weighted by atomic mass is 9.33. The average Bonchev–Trinajstić information content (AvgIpc) is 3.91. The first-order valence-corrected chi connectivity index (χ1v) is 25.0. The van der Waals surface area contributed by atoms with Gasteiger partial charge in [0.05, 0.1) is 33.2 Å². The van der Waals surface area contributed by atoms with E-state index in [4.69, 9.17) is 0 Å². The summed E-state index contributed by atoms with van der Waals surface area (Å²) in [6.45, 7) is -0.249. The van der Waals surface area contributed by atoms with E-state index in [1.54, 1.807) is 0 Å². The van der Waals surface area contributed by atoms with Gasteiger partial charge in [-0.1, -0.05) is 127 Å². The van der Waals surface area contributed by atoms with Crippen molar-refractivity contribution in [2.45, 2.75) is 0 Å². The fourth-order valence-corrected chi connectivity index (χ4v) is 15.9. The zero-order valence-electron chi connectivity index (χ0n) is 36.5. The SMILES string of the molecule is O=P12c3ccccc3Nc3c4c(cc(c31)N(c1ccccc1)c1ccccc12)N(c1ccccc1)c1cccc2c1B4c1cc3c4cccc5c6ccccc6n(c3cc1N2c1ccccc1)c54. The quantitative estimate of drug-likeness (QED) is 0.141.